The van der Waals surface area contributed by atoms with E-state index in [9.17, 15) is 4.79 Å². The third-order valence-corrected chi connectivity index (χ3v) is 2.54. The molecule has 0 saturated carbocycles. The Labute approximate surface area is 100 Å². The highest BCUT2D eigenvalue weighted by atomic mass is 35.5. The summed E-state index contributed by atoms with van der Waals surface area (Å²) >= 11 is 5.98. The van der Waals surface area contributed by atoms with Crippen LogP contribution in [0.4, 0.5) is 5.69 Å². The molecule has 0 bridgehead atoms. The van der Waals surface area contributed by atoms with E-state index in [4.69, 9.17) is 17.3 Å². The second-order valence-corrected chi connectivity index (χ2v) is 3.96. The molecule has 0 aliphatic carbocycles. The minimum absolute atomic E-state index is 0.254. The van der Waals surface area contributed by atoms with Crippen LogP contribution < -0.4 is 11.1 Å². The highest BCUT2D eigenvalue weighted by Crippen LogP contribution is 2.25. The van der Waals surface area contributed by atoms with Crippen molar-refractivity contribution >= 4 is 23.2 Å². The van der Waals surface area contributed by atoms with E-state index >= 15 is 0 Å². The molecule has 3 nitrogen and oxygen atoms in total. The van der Waals surface area contributed by atoms with E-state index in [1.807, 2.05) is 19.1 Å². The van der Waals surface area contributed by atoms with Gasteiger partial charge in [-0.05, 0) is 25.0 Å². The Hall–Kier alpha value is -1.32. The summed E-state index contributed by atoms with van der Waals surface area (Å²) in [5, 5.41) is 3.23. The van der Waals surface area contributed by atoms with Crippen molar-refractivity contribution in [1.29, 1.82) is 0 Å². The van der Waals surface area contributed by atoms with E-state index in [1.165, 1.54) is 0 Å². The van der Waals surface area contributed by atoms with Gasteiger partial charge in [-0.3, -0.25) is 4.79 Å². The van der Waals surface area contributed by atoms with Gasteiger partial charge in [-0.2, -0.15) is 0 Å². The number of hydrogen-bond acceptors (Lipinski definition) is 2. The molecule has 1 atom stereocenters. The third kappa shape index (κ3) is 3.08. The van der Waals surface area contributed by atoms with Crippen LogP contribution in [-0.2, 0) is 4.79 Å². The molecular weight excluding hydrogens is 224 g/mol. The van der Waals surface area contributed by atoms with E-state index in [2.05, 4.69) is 11.9 Å². The van der Waals surface area contributed by atoms with Gasteiger partial charge < -0.3 is 11.1 Å². The molecule has 16 heavy (non-hydrogen) atoms. The van der Waals surface area contributed by atoms with E-state index < -0.39 is 6.04 Å². The Balaban J connectivity index is 2.80. The quantitative estimate of drug-likeness (QED) is 0.792. The fraction of sp³-hybridized carbons (Fsp3) is 0.250. The molecule has 0 radical (unpaired) electrons. The number of anilines is 1. The lowest BCUT2D eigenvalue weighted by Gasteiger charge is -2.13. The number of para-hydroxylation sites is 1. The zero-order chi connectivity index (χ0) is 12.1. The molecule has 0 saturated heterocycles. The van der Waals surface area contributed by atoms with Gasteiger partial charge in [-0.15, -0.1) is 6.58 Å². The smallest absolute Gasteiger partial charge is 0.241 e. The Kier molecular flexibility index (Phi) is 4.52. The highest BCUT2D eigenvalue weighted by Gasteiger charge is 2.14. The van der Waals surface area contributed by atoms with Crippen molar-refractivity contribution in [2.24, 2.45) is 5.73 Å². The number of benzene rings is 1. The van der Waals surface area contributed by atoms with E-state index in [0.717, 1.165) is 5.56 Å². The van der Waals surface area contributed by atoms with Crippen molar-refractivity contribution in [3.05, 3.63) is 41.4 Å². The molecule has 1 rings (SSSR count). The van der Waals surface area contributed by atoms with Crippen LogP contribution in [0, 0.1) is 6.92 Å². The second kappa shape index (κ2) is 5.68. The minimum Gasteiger partial charge on any atom is -0.323 e. The number of nitrogens with two attached hydrogens (primary N) is 1. The molecule has 0 aromatic heterocycles. The van der Waals surface area contributed by atoms with Crippen molar-refractivity contribution in [3.8, 4) is 0 Å². The third-order valence-electron chi connectivity index (χ3n) is 2.23. The lowest BCUT2D eigenvalue weighted by molar-refractivity contribution is -0.117. The summed E-state index contributed by atoms with van der Waals surface area (Å²) in [6.07, 6.45) is 2.05. The molecule has 86 valence electrons. The summed E-state index contributed by atoms with van der Waals surface area (Å²) in [4.78, 5) is 11.7. The lowest BCUT2D eigenvalue weighted by Crippen LogP contribution is -2.35. The monoisotopic (exact) mass is 238 g/mol. The molecule has 4 heteroatoms. The van der Waals surface area contributed by atoms with Crippen LogP contribution in [0.25, 0.3) is 0 Å². The number of rotatable bonds is 4. The molecule has 1 aromatic carbocycles. The average Bonchev–Trinajstić information content (AvgIpc) is 2.23. The predicted molar refractivity (Wildman–Crippen MR) is 67.6 cm³/mol. The van der Waals surface area contributed by atoms with E-state index in [0.29, 0.717) is 17.1 Å². The van der Waals surface area contributed by atoms with Crippen molar-refractivity contribution in [1.82, 2.24) is 0 Å². The van der Waals surface area contributed by atoms with Gasteiger partial charge in [0.25, 0.3) is 0 Å². The molecule has 0 heterocycles. The van der Waals surface area contributed by atoms with Gasteiger partial charge in [0.1, 0.15) is 0 Å². The van der Waals surface area contributed by atoms with Gasteiger partial charge in [0, 0.05) is 0 Å². The fourth-order valence-corrected chi connectivity index (χ4v) is 1.56. The zero-order valence-electron chi connectivity index (χ0n) is 9.16. The number of aryl methyl sites for hydroxylation is 1. The summed E-state index contributed by atoms with van der Waals surface area (Å²) in [7, 11) is 0. The molecule has 0 aliphatic rings. The Morgan fingerprint density at radius 3 is 2.94 bits per heavy atom. The van der Waals surface area contributed by atoms with Gasteiger partial charge >= 0.3 is 0 Å². The summed E-state index contributed by atoms with van der Waals surface area (Å²) in [6, 6.07) is 4.84. The van der Waals surface area contributed by atoms with Gasteiger partial charge in [-0.1, -0.05) is 29.8 Å². The van der Waals surface area contributed by atoms with Gasteiger partial charge in [0.2, 0.25) is 5.91 Å². The summed E-state index contributed by atoms with van der Waals surface area (Å²) in [5.41, 5.74) is 7.18. The zero-order valence-corrected chi connectivity index (χ0v) is 9.92. The van der Waals surface area contributed by atoms with E-state index in [1.54, 1.807) is 12.1 Å². The van der Waals surface area contributed by atoms with Crippen molar-refractivity contribution in [2.45, 2.75) is 19.4 Å². The SMILES string of the molecule is C=CCC(N)C(=O)Nc1c(C)cccc1Cl. The molecule has 1 aromatic rings. The Morgan fingerprint density at radius 1 is 1.69 bits per heavy atom. The Morgan fingerprint density at radius 2 is 2.38 bits per heavy atom. The van der Waals surface area contributed by atoms with Crippen LogP contribution in [0.3, 0.4) is 0 Å². The van der Waals surface area contributed by atoms with Crippen molar-refractivity contribution in [3.63, 3.8) is 0 Å². The predicted octanol–water partition coefficient (Wildman–Crippen LogP) is 2.49. The maximum absolute atomic E-state index is 11.7. The Bertz CT molecular complexity index is 384. The first-order valence-corrected chi connectivity index (χ1v) is 5.36. The molecular formula is C12H15ClN2O. The maximum atomic E-state index is 11.7. The molecule has 1 unspecified atom stereocenters. The fourth-order valence-electron chi connectivity index (χ4n) is 1.29. The normalized spacial score (nSPS) is 11.9. The van der Waals surface area contributed by atoms with Crippen LogP contribution >= 0.6 is 11.6 Å². The number of halogens is 1. The van der Waals surface area contributed by atoms with Crippen molar-refractivity contribution in [2.75, 3.05) is 5.32 Å². The van der Waals surface area contributed by atoms with Crippen LogP contribution in [-0.4, -0.2) is 11.9 Å². The van der Waals surface area contributed by atoms with Crippen LogP contribution in [0.5, 0.6) is 0 Å². The molecule has 0 spiro atoms. The first-order valence-electron chi connectivity index (χ1n) is 4.98. The highest BCUT2D eigenvalue weighted by molar-refractivity contribution is 6.34. The molecule has 1 amide bonds. The topological polar surface area (TPSA) is 55.1 Å². The van der Waals surface area contributed by atoms with E-state index in [-0.39, 0.29) is 5.91 Å². The largest absolute Gasteiger partial charge is 0.323 e. The lowest BCUT2D eigenvalue weighted by atomic mass is 10.1. The first-order chi connectivity index (χ1) is 7.56. The molecule has 3 N–H and O–H groups in total. The van der Waals surface area contributed by atoms with Gasteiger partial charge in [0.15, 0.2) is 0 Å². The summed E-state index contributed by atoms with van der Waals surface area (Å²) in [6.45, 7) is 5.41. The van der Waals surface area contributed by atoms with Crippen LogP contribution in [0.15, 0.2) is 30.9 Å². The number of amides is 1. The van der Waals surface area contributed by atoms with Crippen LogP contribution in [0.1, 0.15) is 12.0 Å². The van der Waals surface area contributed by atoms with Crippen LogP contribution in [0.2, 0.25) is 5.02 Å². The van der Waals surface area contributed by atoms with Gasteiger partial charge in [-0.25, -0.2) is 0 Å². The number of nitrogens with one attached hydrogen (secondary N) is 1. The van der Waals surface area contributed by atoms with Gasteiger partial charge in [0.05, 0.1) is 16.8 Å². The number of carbonyl (C=O) groups is 1. The molecule has 0 fully saturated rings. The number of hydrogen-bond donors (Lipinski definition) is 2. The average molecular weight is 239 g/mol. The maximum Gasteiger partial charge on any atom is 0.241 e. The summed E-state index contributed by atoms with van der Waals surface area (Å²) < 4.78 is 0. The van der Waals surface area contributed by atoms with Crippen molar-refractivity contribution < 1.29 is 4.79 Å². The first kappa shape index (κ1) is 12.7. The summed E-state index contributed by atoms with van der Waals surface area (Å²) in [5.74, 6) is -0.254. The second-order valence-electron chi connectivity index (χ2n) is 3.55. The standard InChI is InChI=1S/C12H15ClN2O/c1-3-5-10(14)12(16)15-11-8(2)6-4-7-9(11)13/h3-4,6-7,10H,1,5,14H2,2H3,(H,15,16). The minimum atomic E-state index is -0.590. The molecule has 0 aliphatic heterocycles. The number of carbonyl (C=O) groups excluding carboxylic acids is 1.